The van der Waals surface area contributed by atoms with E-state index in [0.717, 1.165) is 5.92 Å². The van der Waals surface area contributed by atoms with Crippen LogP contribution < -0.4 is 0 Å². The highest BCUT2D eigenvalue weighted by Crippen LogP contribution is 2.25. The Hall–Kier alpha value is 0.177. The molecule has 1 nitrogen and oxygen atoms in total. The van der Waals surface area contributed by atoms with E-state index >= 15 is 0 Å². The standard InChI is InChI=1S/C7H16OSi/c8-9-6-7-4-2-1-3-5-7/h7-8H,1-6,9H2. The Kier molecular flexibility index (Phi) is 3.29. The van der Waals surface area contributed by atoms with Gasteiger partial charge >= 0.3 is 0 Å². The van der Waals surface area contributed by atoms with E-state index in [-0.39, 0.29) is 0 Å². The summed E-state index contributed by atoms with van der Waals surface area (Å²) >= 11 is 0. The first-order valence-corrected chi connectivity index (χ1v) is 5.67. The van der Waals surface area contributed by atoms with Crippen molar-refractivity contribution in [2.45, 2.75) is 38.1 Å². The minimum Gasteiger partial charge on any atom is -0.438 e. The fourth-order valence-corrected chi connectivity index (χ4v) is 2.60. The van der Waals surface area contributed by atoms with Crippen LogP contribution in [0.15, 0.2) is 0 Å². The second kappa shape index (κ2) is 4.07. The highest BCUT2D eigenvalue weighted by molar-refractivity contribution is 6.25. The first-order chi connectivity index (χ1) is 4.43. The first-order valence-electron chi connectivity index (χ1n) is 4.04. The van der Waals surface area contributed by atoms with Crippen LogP contribution in [0.2, 0.25) is 6.04 Å². The summed E-state index contributed by atoms with van der Waals surface area (Å²) in [6.45, 7) is 0. The fourth-order valence-electron chi connectivity index (χ4n) is 1.66. The van der Waals surface area contributed by atoms with Gasteiger partial charge in [0.2, 0.25) is 0 Å². The predicted molar refractivity (Wildman–Crippen MR) is 42.1 cm³/mol. The molecule has 9 heavy (non-hydrogen) atoms. The maximum Gasteiger partial charge on any atom is 0.157 e. The van der Waals surface area contributed by atoms with Gasteiger partial charge < -0.3 is 4.80 Å². The fraction of sp³-hybridized carbons (Fsp3) is 1.00. The third-order valence-electron chi connectivity index (χ3n) is 2.26. The van der Waals surface area contributed by atoms with E-state index in [9.17, 15) is 0 Å². The summed E-state index contributed by atoms with van der Waals surface area (Å²) in [7, 11) is -0.631. The van der Waals surface area contributed by atoms with Gasteiger partial charge in [0.05, 0.1) is 0 Å². The van der Waals surface area contributed by atoms with Gasteiger partial charge in [-0.3, -0.25) is 0 Å². The molecule has 0 aromatic carbocycles. The van der Waals surface area contributed by atoms with E-state index in [0.29, 0.717) is 0 Å². The third-order valence-corrected chi connectivity index (χ3v) is 3.34. The van der Waals surface area contributed by atoms with Crippen LogP contribution >= 0.6 is 0 Å². The highest BCUT2D eigenvalue weighted by atomic mass is 28.2. The molecule has 0 atom stereocenters. The highest BCUT2D eigenvalue weighted by Gasteiger charge is 2.11. The lowest BCUT2D eigenvalue weighted by molar-refractivity contribution is 0.377. The van der Waals surface area contributed by atoms with Gasteiger partial charge in [-0.15, -0.1) is 0 Å². The van der Waals surface area contributed by atoms with Gasteiger partial charge in [-0.25, -0.2) is 0 Å². The summed E-state index contributed by atoms with van der Waals surface area (Å²) in [5.41, 5.74) is 0. The second-order valence-corrected chi connectivity index (χ2v) is 4.04. The number of hydrogen-bond acceptors (Lipinski definition) is 1. The average molecular weight is 144 g/mol. The van der Waals surface area contributed by atoms with E-state index in [1.165, 1.54) is 38.1 Å². The Labute approximate surface area is 59.4 Å². The summed E-state index contributed by atoms with van der Waals surface area (Å²) in [6, 6.07) is 1.18. The van der Waals surface area contributed by atoms with Crippen LogP contribution in [0.4, 0.5) is 0 Å². The molecule has 0 aromatic heterocycles. The lowest BCUT2D eigenvalue weighted by atomic mass is 9.91. The van der Waals surface area contributed by atoms with E-state index in [4.69, 9.17) is 4.80 Å². The molecule has 0 spiro atoms. The maximum absolute atomic E-state index is 8.76. The van der Waals surface area contributed by atoms with Crippen molar-refractivity contribution in [3.63, 3.8) is 0 Å². The molecule has 0 aromatic rings. The molecular formula is C7H16OSi. The first kappa shape index (κ1) is 7.29. The predicted octanol–water partition coefficient (Wildman–Crippen LogP) is 1.06. The Bertz CT molecular complexity index is 66.6. The van der Waals surface area contributed by atoms with Crippen LogP contribution in [0.25, 0.3) is 0 Å². The third kappa shape index (κ3) is 2.50. The van der Waals surface area contributed by atoms with Crippen molar-refractivity contribution in [1.82, 2.24) is 0 Å². The molecule has 0 unspecified atom stereocenters. The monoisotopic (exact) mass is 144 g/mol. The molecular weight excluding hydrogens is 128 g/mol. The number of hydrogen-bond donors (Lipinski definition) is 1. The molecule has 1 N–H and O–H groups in total. The van der Waals surface area contributed by atoms with Gasteiger partial charge in [0, 0.05) is 0 Å². The minimum absolute atomic E-state index is 0.631. The van der Waals surface area contributed by atoms with Crippen molar-refractivity contribution >= 4 is 9.76 Å². The van der Waals surface area contributed by atoms with Crippen LogP contribution in [-0.4, -0.2) is 14.6 Å². The van der Waals surface area contributed by atoms with Crippen LogP contribution in [0.5, 0.6) is 0 Å². The van der Waals surface area contributed by atoms with Gasteiger partial charge in [0.15, 0.2) is 9.76 Å². The average Bonchev–Trinajstić information content (AvgIpc) is 1.91. The van der Waals surface area contributed by atoms with E-state index in [1.54, 1.807) is 0 Å². The van der Waals surface area contributed by atoms with Crippen molar-refractivity contribution in [1.29, 1.82) is 0 Å². The van der Waals surface area contributed by atoms with Gasteiger partial charge in [-0.1, -0.05) is 32.1 Å². The van der Waals surface area contributed by atoms with Gasteiger partial charge in [0.1, 0.15) is 0 Å². The lowest BCUT2D eigenvalue weighted by Crippen LogP contribution is -2.08. The molecule has 1 saturated carbocycles. The van der Waals surface area contributed by atoms with E-state index in [2.05, 4.69) is 0 Å². The molecule has 54 valence electrons. The zero-order valence-electron chi connectivity index (χ0n) is 5.97. The smallest absolute Gasteiger partial charge is 0.157 e. The van der Waals surface area contributed by atoms with Crippen LogP contribution in [0.1, 0.15) is 32.1 Å². The second-order valence-electron chi connectivity index (χ2n) is 3.02. The largest absolute Gasteiger partial charge is 0.438 e. The lowest BCUT2D eigenvalue weighted by Gasteiger charge is -2.19. The summed E-state index contributed by atoms with van der Waals surface area (Å²) in [4.78, 5) is 8.76. The summed E-state index contributed by atoms with van der Waals surface area (Å²) in [5.74, 6) is 0.912. The summed E-state index contributed by atoms with van der Waals surface area (Å²) in [6.07, 6.45) is 7.06. The van der Waals surface area contributed by atoms with Gasteiger partial charge in [0.25, 0.3) is 0 Å². The molecule has 0 amide bonds. The Balaban J connectivity index is 2.08. The van der Waals surface area contributed by atoms with Crippen LogP contribution in [-0.2, 0) is 0 Å². The zero-order chi connectivity index (χ0) is 6.53. The normalized spacial score (nSPS) is 23.7. The van der Waals surface area contributed by atoms with Crippen molar-refractivity contribution < 1.29 is 4.80 Å². The molecule has 0 radical (unpaired) electrons. The quantitative estimate of drug-likeness (QED) is 0.575. The Morgan fingerprint density at radius 2 is 1.89 bits per heavy atom. The summed E-state index contributed by atoms with van der Waals surface area (Å²) < 4.78 is 0. The molecule has 0 bridgehead atoms. The zero-order valence-corrected chi connectivity index (χ0v) is 7.39. The summed E-state index contributed by atoms with van der Waals surface area (Å²) in [5, 5.41) is 0. The maximum atomic E-state index is 8.76. The molecule has 0 heterocycles. The molecule has 1 aliphatic rings. The van der Waals surface area contributed by atoms with Crippen molar-refractivity contribution in [3.8, 4) is 0 Å². The molecule has 0 aliphatic heterocycles. The Morgan fingerprint density at radius 3 is 2.44 bits per heavy atom. The van der Waals surface area contributed by atoms with Crippen LogP contribution in [0.3, 0.4) is 0 Å². The van der Waals surface area contributed by atoms with Gasteiger partial charge in [-0.2, -0.15) is 0 Å². The molecule has 2 heteroatoms. The van der Waals surface area contributed by atoms with Crippen molar-refractivity contribution in [3.05, 3.63) is 0 Å². The van der Waals surface area contributed by atoms with Gasteiger partial charge in [-0.05, 0) is 12.0 Å². The van der Waals surface area contributed by atoms with E-state index < -0.39 is 9.76 Å². The Morgan fingerprint density at radius 1 is 1.22 bits per heavy atom. The minimum atomic E-state index is -0.631. The number of rotatable bonds is 2. The molecule has 1 rings (SSSR count). The van der Waals surface area contributed by atoms with E-state index in [1.807, 2.05) is 0 Å². The molecule has 1 aliphatic carbocycles. The van der Waals surface area contributed by atoms with Crippen molar-refractivity contribution in [2.24, 2.45) is 5.92 Å². The SMILES string of the molecule is O[SiH2]CC1CCCCC1. The topological polar surface area (TPSA) is 20.2 Å². The van der Waals surface area contributed by atoms with Crippen LogP contribution in [0, 0.1) is 5.92 Å². The molecule has 1 fully saturated rings. The van der Waals surface area contributed by atoms with Crippen molar-refractivity contribution in [2.75, 3.05) is 0 Å². The molecule has 0 saturated heterocycles.